The number of benzene rings is 1. The average Bonchev–Trinajstić information content (AvgIpc) is 2.33. The predicted octanol–water partition coefficient (Wildman–Crippen LogP) is 4.04. The van der Waals surface area contributed by atoms with Crippen molar-refractivity contribution < 1.29 is 4.92 Å². The fourth-order valence-corrected chi connectivity index (χ4v) is 2.56. The van der Waals surface area contributed by atoms with Gasteiger partial charge in [0.2, 0.25) is 0 Å². The van der Waals surface area contributed by atoms with Gasteiger partial charge in [0.05, 0.1) is 4.92 Å². The van der Waals surface area contributed by atoms with Crippen molar-refractivity contribution in [2.75, 3.05) is 0 Å². The second-order valence-corrected chi connectivity index (χ2v) is 5.21. The first-order chi connectivity index (χ1) is 8.60. The molecule has 2 saturated carbocycles. The van der Waals surface area contributed by atoms with Gasteiger partial charge >= 0.3 is 0 Å². The van der Waals surface area contributed by atoms with Crippen LogP contribution in [0.4, 0.5) is 5.69 Å². The molecule has 0 unspecified atom stereocenters. The summed E-state index contributed by atoms with van der Waals surface area (Å²) in [6.07, 6.45) is 11.3. The molecule has 3 nitrogen and oxygen atoms in total. The Labute approximate surface area is 111 Å². The smallest absolute Gasteiger partial charge is 0.258 e. The van der Waals surface area contributed by atoms with Gasteiger partial charge in [-0.3, -0.25) is 10.1 Å². The highest BCUT2D eigenvalue weighted by Crippen LogP contribution is 2.49. The summed E-state index contributed by atoms with van der Waals surface area (Å²) in [5.41, 5.74) is 0.324. The van der Waals surface area contributed by atoms with Crippen LogP contribution in [0, 0.1) is 34.3 Å². The molecule has 0 N–H and O–H groups in total. The highest BCUT2D eigenvalue weighted by atomic mass is 35.5. The van der Waals surface area contributed by atoms with Crippen molar-refractivity contribution in [3.05, 3.63) is 38.9 Å². The lowest BCUT2D eigenvalue weighted by Gasteiger charge is -2.46. The molecule has 2 aliphatic rings. The molecule has 0 heterocycles. The molecule has 18 heavy (non-hydrogen) atoms. The predicted molar refractivity (Wildman–Crippen MR) is 71.5 cm³/mol. The lowest BCUT2D eigenvalue weighted by atomic mass is 9.60. The molecule has 0 bridgehead atoms. The molecular formula is C14H14ClNO2. The maximum atomic E-state index is 10.3. The van der Waals surface area contributed by atoms with Crippen molar-refractivity contribution in [1.82, 2.24) is 0 Å². The van der Waals surface area contributed by atoms with Crippen molar-refractivity contribution in [3.63, 3.8) is 0 Å². The molecule has 4 heteroatoms. The lowest BCUT2D eigenvalue weighted by molar-refractivity contribution is -0.384. The van der Waals surface area contributed by atoms with Crippen molar-refractivity contribution in [3.8, 4) is 12.3 Å². The normalized spacial score (nSPS) is 23.3. The molecule has 0 amide bonds. The van der Waals surface area contributed by atoms with Crippen LogP contribution in [0.2, 0.25) is 5.02 Å². The molecule has 94 valence electrons. The number of terminal acetylenes is 1. The van der Waals surface area contributed by atoms with E-state index in [-0.39, 0.29) is 10.7 Å². The minimum atomic E-state index is -0.535. The van der Waals surface area contributed by atoms with E-state index in [1.807, 2.05) is 0 Å². The molecule has 2 aliphatic carbocycles. The molecule has 0 radical (unpaired) electrons. The van der Waals surface area contributed by atoms with Crippen LogP contribution in [0.3, 0.4) is 0 Å². The molecule has 3 rings (SSSR count). The van der Waals surface area contributed by atoms with Gasteiger partial charge in [0, 0.05) is 22.7 Å². The van der Waals surface area contributed by atoms with Gasteiger partial charge in [-0.25, -0.2) is 0 Å². The van der Waals surface area contributed by atoms with Crippen molar-refractivity contribution in [2.45, 2.75) is 25.7 Å². The first-order valence-corrected chi connectivity index (χ1v) is 6.39. The Morgan fingerprint density at radius 3 is 2.11 bits per heavy atom. The summed E-state index contributed by atoms with van der Waals surface area (Å²) in [6.45, 7) is 0. The van der Waals surface area contributed by atoms with Crippen LogP contribution >= 0.6 is 11.6 Å². The van der Waals surface area contributed by atoms with Gasteiger partial charge in [-0.15, -0.1) is 6.42 Å². The van der Waals surface area contributed by atoms with E-state index in [1.165, 1.54) is 30.0 Å². The lowest BCUT2D eigenvalue weighted by Crippen LogP contribution is -2.34. The quantitative estimate of drug-likeness (QED) is 0.436. The van der Waals surface area contributed by atoms with E-state index in [0.29, 0.717) is 5.56 Å². The number of nitrogens with zero attached hydrogens (tertiary/aromatic N) is 1. The fraction of sp³-hybridized carbons (Fsp3) is 0.429. The molecule has 2 fully saturated rings. The maximum Gasteiger partial charge on any atom is 0.272 e. The number of nitro benzene ring substituents is 1. The molecule has 1 aromatic rings. The van der Waals surface area contributed by atoms with Gasteiger partial charge in [-0.05, 0) is 43.6 Å². The van der Waals surface area contributed by atoms with E-state index in [4.69, 9.17) is 18.0 Å². The van der Waals surface area contributed by atoms with Gasteiger partial charge in [0.15, 0.2) is 0 Å². The van der Waals surface area contributed by atoms with Gasteiger partial charge in [0.25, 0.3) is 5.69 Å². The Morgan fingerprint density at radius 1 is 1.22 bits per heavy atom. The largest absolute Gasteiger partial charge is 0.272 e. The van der Waals surface area contributed by atoms with E-state index in [9.17, 15) is 10.1 Å². The highest BCUT2D eigenvalue weighted by molar-refractivity contribution is 6.30. The zero-order valence-electron chi connectivity index (χ0n) is 9.93. The van der Waals surface area contributed by atoms with E-state index < -0.39 is 4.92 Å². The molecular weight excluding hydrogens is 250 g/mol. The summed E-state index contributed by atoms with van der Waals surface area (Å²) in [4.78, 5) is 9.76. The van der Waals surface area contributed by atoms with Crippen LogP contribution in [-0.2, 0) is 0 Å². The van der Waals surface area contributed by atoms with E-state index in [0.717, 1.165) is 0 Å². The zero-order chi connectivity index (χ0) is 13.1. The third-order valence-electron chi connectivity index (χ3n) is 3.74. The summed E-state index contributed by atoms with van der Waals surface area (Å²) in [5.74, 6) is 4.70. The van der Waals surface area contributed by atoms with E-state index in [2.05, 4.69) is 5.92 Å². The van der Waals surface area contributed by atoms with Crippen LogP contribution in [0.5, 0.6) is 0 Å². The summed E-state index contributed by atoms with van der Waals surface area (Å²) < 4.78 is 0. The van der Waals surface area contributed by atoms with Crippen molar-refractivity contribution in [2.24, 2.45) is 11.8 Å². The monoisotopic (exact) mass is 263 g/mol. The summed E-state index contributed by atoms with van der Waals surface area (Å²) >= 11 is 5.57. The minimum Gasteiger partial charge on any atom is -0.258 e. The number of rotatable bonds is 1. The Morgan fingerprint density at radius 2 is 1.78 bits per heavy atom. The highest BCUT2D eigenvalue weighted by Gasteiger charge is 2.37. The van der Waals surface area contributed by atoms with E-state index >= 15 is 0 Å². The summed E-state index contributed by atoms with van der Waals surface area (Å²) in [7, 11) is 0. The van der Waals surface area contributed by atoms with Gasteiger partial charge in [0.1, 0.15) is 0 Å². The standard InChI is InChI=1S/C8H4ClNO2.C6H10/c1-2-6-3-7(9)5-8(4-6)10(11)12;1-2-6-4-3-5(1)6/h1,3-5H;5-6H,1-4H2. The molecule has 0 saturated heterocycles. The van der Waals surface area contributed by atoms with Crippen LogP contribution in [0.15, 0.2) is 18.2 Å². The zero-order valence-corrected chi connectivity index (χ0v) is 10.7. The number of fused-ring (bicyclic) bond motifs is 1. The molecule has 0 spiro atoms. The molecule has 0 aromatic heterocycles. The van der Waals surface area contributed by atoms with Crippen molar-refractivity contribution >= 4 is 17.3 Å². The molecule has 0 atom stereocenters. The second kappa shape index (κ2) is 5.41. The van der Waals surface area contributed by atoms with Gasteiger partial charge in [-0.1, -0.05) is 17.5 Å². The number of non-ortho nitro benzene ring substituents is 1. The van der Waals surface area contributed by atoms with Crippen molar-refractivity contribution in [1.29, 1.82) is 0 Å². The first-order valence-electron chi connectivity index (χ1n) is 6.01. The van der Waals surface area contributed by atoms with E-state index in [1.54, 1.807) is 25.7 Å². The van der Waals surface area contributed by atoms with Crippen LogP contribution in [0.1, 0.15) is 31.2 Å². The summed E-state index contributed by atoms with van der Waals surface area (Å²) in [5, 5.41) is 10.6. The summed E-state index contributed by atoms with van der Waals surface area (Å²) in [6, 6.07) is 4.04. The maximum absolute atomic E-state index is 10.3. The van der Waals surface area contributed by atoms with Crippen LogP contribution in [-0.4, -0.2) is 4.92 Å². The SMILES string of the molecule is C#Cc1cc(Cl)cc([N+](=O)[O-])c1.C1CC2CCC12. The van der Waals surface area contributed by atoms with Gasteiger partial charge < -0.3 is 0 Å². The Bertz CT molecular complexity index is 489. The second-order valence-electron chi connectivity index (χ2n) is 4.77. The third kappa shape index (κ3) is 2.83. The molecule has 0 aliphatic heterocycles. The Balaban J connectivity index is 0.000000164. The van der Waals surface area contributed by atoms with Gasteiger partial charge in [-0.2, -0.15) is 0 Å². The van der Waals surface area contributed by atoms with Crippen LogP contribution < -0.4 is 0 Å². The Kier molecular flexibility index (Phi) is 3.88. The topological polar surface area (TPSA) is 43.1 Å². The Hall–Kier alpha value is -1.53. The fourth-order valence-electron chi connectivity index (χ4n) is 2.33. The number of hydrogen-bond donors (Lipinski definition) is 0. The minimum absolute atomic E-state index is 0.0875. The average molecular weight is 264 g/mol. The van der Waals surface area contributed by atoms with Crippen LogP contribution in [0.25, 0.3) is 0 Å². The number of halogens is 1. The third-order valence-corrected chi connectivity index (χ3v) is 3.96. The number of hydrogen-bond acceptors (Lipinski definition) is 2. The molecule has 1 aromatic carbocycles. The first kappa shape index (κ1) is 12.9. The number of nitro groups is 1.